The van der Waals surface area contributed by atoms with Gasteiger partial charge in [-0.25, -0.2) is 0 Å². The SMILES string of the molecule is CC(=O)Nc1ccc(C=NC2[C@H](c3ccc4c(c3)OCO4)CC=C[C@@H]2N(C)C)cc1. The lowest BCUT2D eigenvalue weighted by Gasteiger charge is -2.36. The Morgan fingerprint density at radius 1 is 1.13 bits per heavy atom. The molecule has 1 aliphatic heterocycles. The minimum absolute atomic E-state index is 0.0698. The predicted octanol–water partition coefficient (Wildman–Crippen LogP) is 3.84. The highest BCUT2D eigenvalue weighted by Gasteiger charge is 2.33. The minimum Gasteiger partial charge on any atom is -0.454 e. The first kappa shape index (κ1) is 20.2. The molecule has 0 aromatic heterocycles. The normalized spacial score (nSPS) is 22.6. The summed E-state index contributed by atoms with van der Waals surface area (Å²) in [6.45, 7) is 1.78. The Bertz CT molecular complexity index is 966. The molecular weight excluding hydrogens is 378 g/mol. The summed E-state index contributed by atoms with van der Waals surface area (Å²) in [7, 11) is 4.17. The third-order valence-corrected chi connectivity index (χ3v) is 5.53. The molecule has 4 rings (SSSR count). The van der Waals surface area contributed by atoms with Crippen molar-refractivity contribution >= 4 is 17.8 Å². The molecule has 0 spiro atoms. The number of amides is 1. The maximum absolute atomic E-state index is 11.2. The molecule has 0 saturated carbocycles. The van der Waals surface area contributed by atoms with Crippen LogP contribution in [-0.2, 0) is 4.79 Å². The number of allylic oxidation sites excluding steroid dienone is 1. The quantitative estimate of drug-likeness (QED) is 0.607. The van der Waals surface area contributed by atoms with E-state index in [0.717, 1.165) is 29.2 Å². The van der Waals surface area contributed by atoms with Gasteiger partial charge in [0.2, 0.25) is 12.7 Å². The number of nitrogens with zero attached hydrogens (tertiary/aromatic N) is 2. The van der Waals surface area contributed by atoms with E-state index in [0.29, 0.717) is 0 Å². The van der Waals surface area contributed by atoms with Crippen LogP contribution in [0.15, 0.2) is 59.6 Å². The van der Waals surface area contributed by atoms with E-state index in [4.69, 9.17) is 14.5 Å². The van der Waals surface area contributed by atoms with Crippen LogP contribution in [0.2, 0.25) is 0 Å². The summed E-state index contributed by atoms with van der Waals surface area (Å²) in [4.78, 5) is 18.4. The standard InChI is InChI=1S/C24H27N3O3/c1-16(28)26-19-10-7-17(8-11-19)14-25-24-20(5-4-6-21(24)27(2)3)18-9-12-22-23(13-18)30-15-29-22/h4,6-14,20-21,24H,5,15H2,1-3H3,(H,26,28)/t20-,21-,24?/m0/s1. The Hall–Kier alpha value is -3.12. The lowest BCUT2D eigenvalue weighted by atomic mass is 9.80. The van der Waals surface area contributed by atoms with E-state index in [1.807, 2.05) is 36.5 Å². The van der Waals surface area contributed by atoms with Gasteiger partial charge in [-0.05, 0) is 55.9 Å². The topological polar surface area (TPSA) is 63.2 Å². The third-order valence-electron chi connectivity index (χ3n) is 5.53. The van der Waals surface area contributed by atoms with E-state index in [2.05, 4.69) is 48.6 Å². The van der Waals surface area contributed by atoms with Crippen LogP contribution < -0.4 is 14.8 Å². The van der Waals surface area contributed by atoms with Crippen LogP contribution >= 0.6 is 0 Å². The van der Waals surface area contributed by atoms with Gasteiger partial charge in [-0.2, -0.15) is 0 Å². The Balaban J connectivity index is 1.60. The molecule has 1 unspecified atom stereocenters. The second kappa shape index (κ2) is 8.71. The fraction of sp³-hybridized carbons (Fsp3) is 0.333. The Morgan fingerprint density at radius 3 is 2.63 bits per heavy atom. The number of hydrogen-bond donors (Lipinski definition) is 1. The summed E-state index contributed by atoms with van der Waals surface area (Å²) < 4.78 is 11.1. The van der Waals surface area contributed by atoms with Crippen LogP contribution in [0.25, 0.3) is 0 Å². The molecule has 1 N–H and O–H groups in total. The third kappa shape index (κ3) is 4.39. The van der Waals surface area contributed by atoms with E-state index < -0.39 is 0 Å². The van der Waals surface area contributed by atoms with Gasteiger partial charge in [0.1, 0.15) is 0 Å². The molecule has 0 bridgehead atoms. The molecule has 2 aromatic rings. The molecule has 156 valence electrons. The van der Waals surface area contributed by atoms with Crippen molar-refractivity contribution in [3.8, 4) is 11.5 Å². The lowest BCUT2D eigenvalue weighted by molar-refractivity contribution is -0.114. The molecule has 30 heavy (non-hydrogen) atoms. The molecule has 1 amide bonds. The molecule has 2 aliphatic rings. The minimum atomic E-state index is -0.0780. The van der Waals surface area contributed by atoms with Gasteiger partial charge in [-0.3, -0.25) is 9.79 Å². The number of hydrogen-bond acceptors (Lipinski definition) is 5. The van der Waals surface area contributed by atoms with Gasteiger partial charge in [0, 0.05) is 24.7 Å². The number of ether oxygens (including phenoxy) is 2. The van der Waals surface area contributed by atoms with Gasteiger partial charge in [-0.15, -0.1) is 0 Å². The zero-order valence-electron chi connectivity index (χ0n) is 17.5. The first-order chi connectivity index (χ1) is 14.5. The lowest BCUT2D eigenvalue weighted by Crippen LogP contribution is -2.42. The van der Waals surface area contributed by atoms with Crippen LogP contribution in [0.3, 0.4) is 0 Å². The van der Waals surface area contributed by atoms with Crippen LogP contribution in [-0.4, -0.2) is 50.0 Å². The van der Waals surface area contributed by atoms with Gasteiger partial charge in [0.05, 0.1) is 12.1 Å². The number of likely N-dealkylation sites (N-methyl/N-ethyl adjacent to an activating group) is 1. The summed E-state index contributed by atoms with van der Waals surface area (Å²) in [5.74, 6) is 1.77. The molecule has 6 heteroatoms. The molecule has 0 fully saturated rings. The van der Waals surface area contributed by atoms with Crippen molar-refractivity contribution in [2.45, 2.75) is 31.3 Å². The number of carbonyl (C=O) groups is 1. The highest BCUT2D eigenvalue weighted by atomic mass is 16.7. The van der Waals surface area contributed by atoms with Crippen molar-refractivity contribution < 1.29 is 14.3 Å². The molecule has 0 radical (unpaired) electrons. The average Bonchev–Trinajstić information content (AvgIpc) is 3.20. The van der Waals surface area contributed by atoms with E-state index >= 15 is 0 Å². The molecular formula is C24H27N3O3. The fourth-order valence-corrected chi connectivity index (χ4v) is 4.03. The Labute approximate surface area is 177 Å². The number of fused-ring (bicyclic) bond motifs is 1. The van der Waals surface area contributed by atoms with Gasteiger partial charge < -0.3 is 19.7 Å². The Kier molecular flexibility index (Phi) is 5.86. The number of rotatable bonds is 5. The average molecular weight is 405 g/mol. The summed E-state index contributed by atoms with van der Waals surface area (Å²) in [6, 6.07) is 14.2. The molecule has 3 atom stereocenters. The van der Waals surface area contributed by atoms with E-state index in [1.54, 1.807) is 0 Å². The highest BCUT2D eigenvalue weighted by molar-refractivity contribution is 5.89. The number of carbonyl (C=O) groups excluding carboxylic acids is 1. The molecule has 1 heterocycles. The van der Waals surface area contributed by atoms with Crippen molar-refractivity contribution in [2.75, 3.05) is 26.2 Å². The maximum atomic E-state index is 11.2. The number of nitrogens with one attached hydrogen (secondary N) is 1. The van der Waals surface area contributed by atoms with Crippen LogP contribution in [0.1, 0.15) is 30.4 Å². The van der Waals surface area contributed by atoms with Gasteiger partial charge in [0.25, 0.3) is 0 Å². The van der Waals surface area contributed by atoms with Crippen LogP contribution in [0.4, 0.5) is 5.69 Å². The Morgan fingerprint density at radius 2 is 1.90 bits per heavy atom. The summed E-state index contributed by atoms with van der Waals surface area (Å²) in [5, 5.41) is 2.79. The molecule has 0 saturated heterocycles. The van der Waals surface area contributed by atoms with Gasteiger partial charge >= 0.3 is 0 Å². The second-order valence-corrected chi connectivity index (χ2v) is 7.91. The van der Waals surface area contributed by atoms with Crippen molar-refractivity contribution in [1.29, 1.82) is 0 Å². The number of benzene rings is 2. The largest absolute Gasteiger partial charge is 0.454 e. The van der Waals surface area contributed by atoms with Crippen molar-refractivity contribution in [1.82, 2.24) is 4.90 Å². The number of aliphatic imine (C=N–C) groups is 1. The van der Waals surface area contributed by atoms with Gasteiger partial charge in [-0.1, -0.05) is 30.4 Å². The zero-order valence-corrected chi connectivity index (χ0v) is 17.5. The second-order valence-electron chi connectivity index (χ2n) is 7.91. The monoisotopic (exact) mass is 405 g/mol. The molecule has 6 nitrogen and oxygen atoms in total. The van der Waals surface area contributed by atoms with E-state index in [-0.39, 0.29) is 30.7 Å². The number of anilines is 1. The first-order valence-electron chi connectivity index (χ1n) is 10.1. The molecule has 1 aliphatic carbocycles. The predicted molar refractivity (Wildman–Crippen MR) is 119 cm³/mol. The summed E-state index contributed by atoms with van der Waals surface area (Å²) in [6.07, 6.45) is 7.34. The van der Waals surface area contributed by atoms with Crippen molar-refractivity contribution in [2.24, 2.45) is 4.99 Å². The summed E-state index contributed by atoms with van der Waals surface area (Å²) in [5.41, 5.74) is 2.99. The first-order valence-corrected chi connectivity index (χ1v) is 10.1. The highest BCUT2D eigenvalue weighted by Crippen LogP contribution is 2.39. The van der Waals surface area contributed by atoms with Crippen LogP contribution in [0, 0.1) is 0 Å². The van der Waals surface area contributed by atoms with E-state index in [1.165, 1.54) is 12.5 Å². The molecule has 2 aromatic carbocycles. The maximum Gasteiger partial charge on any atom is 0.231 e. The van der Waals surface area contributed by atoms with Crippen molar-refractivity contribution in [3.63, 3.8) is 0 Å². The van der Waals surface area contributed by atoms with Crippen LogP contribution in [0.5, 0.6) is 11.5 Å². The van der Waals surface area contributed by atoms with E-state index in [9.17, 15) is 4.79 Å². The zero-order chi connectivity index (χ0) is 21.1. The fourth-order valence-electron chi connectivity index (χ4n) is 4.03. The van der Waals surface area contributed by atoms with Crippen molar-refractivity contribution in [3.05, 3.63) is 65.7 Å². The van der Waals surface area contributed by atoms with Gasteiger partial charge in [0.15, 0.2) is 11.5 Å². The summed E-state index contributed by atoms with van der Waals surface area (Å²) >= 11 is 0. The smallest absolute Gasteiger partial charge is 0.231 e.